The lowest BCUT2D eigenvalue weighted by molar-refractivity contribution is 0.0697. The Morgan fingerprint density at radius 1 is 1.35 bits per heavy atom. The molecule has 1 unspecified atom stereocenters. The van der Waals surface area contributed by atoms with Gasteiger partial charge in [0.2, 0.25) is 0 Å². The quantitative estimate of drug-likeness (QED) is 0.532. The first-order chi connectivity index (χ1) is 12.7. The normalized spacial score (nSPS) is 12.5. The molecule has 0 spiro atoms. The average Bonchev–Trinajstić information content (AvgIpc) is 3.05. The highest BCUT2D eigenvalue weighted by Crippen LogP contribution is 2.14. The summed E-state index contributed by atoms with van der Waals surface area (Å²) in [5.74, 6) is -0.278. The van der Waals surface area contributed by atoms with E-state index < -0.39 is 5.97 Å². The first kappa shape index (κ1) is 20.3. The number of ether oxygens (including phenoxy) is 1. The summed E-state index contributed by atoms with van der Waals surface area (Å²) in [6, 6.07) is 4.85. The van der Waals surface area contributed by atoms with E-state index in [-0.39, 0.29) is 5.56 Å². The van der Waals surface area contributed by atoms with Crippen LogP contribution >= 0.6 is 0 Å². The molecule has 2 rings (SSSR count). The third-order valence-electron chi connectivity index (χ3n) is 4.56. The predicted octanol–water partition coefficient (Wildman–Crippen LogP) is 3.30. The van der Waals surface area contributed by atoms with Crippen LogP contribution < -0.4 is 5.32 Å². The van der Waals surface area contributed by atoms with Gasteiger partial charge in [0, 0.05) is 13.2 Å². The van der Waals surface area contributed by atoms with Crippen LogP contribution in [0.25, 0.3) is 11.0 Å². The maximum atomic E-state index is 11.0. The number of aromatic carboxylic acids is 1. The summed E-state index contributed by atoms with van der Waals surface area (Å²) >= 11 is 0. The van der Waals surface area contributed by atoms with Gasteiger partial charge in [-0.1, -0.05) is 38.3 Å². The van der Waals surface area contributed by atoms with Gasteiger partial charge in [0.25, 0.3) is 0 Å². The van der Waals surface area contributed by atoms with Gasteiger partial charge in [0.05, 0.1) is 17.7 Å². The minimum absolute atomic E-state index is 0.221. The van der Waals surface area contributed by atoms with Gasteiger partial charge in [-0.3, -0.25) is 5.32 Å². The van der Waals surface area contributed by atoms with Crippen LogP contribution in [0.4, 0.5) is 0 Å². The van der Waals surface area contributed by atoms with Crippen molar-refractivity contribution in [2.45, 2.75) is 52.6 Å². The summed E-state index contributed by atoms with van der Waals surface area (Å²) in [5.41, 5.74) is 1.63. The Morgan fingerprint density at radius 3 is 2.92 bits per heavy atom. The molecule has 0 bridgehead atoms. The maximum Gasteiger partial charge on any atom is 0.335 e. The van der Waals surface area contributed by atoms with E-state index >= 15 is 0 Å². The molecule has 0 fully saturated rings. The molecule has 7 heteroatoms. The van der Waals surface area contributed by atoms with Crippen LogP contribution in [-0.2, 0) is 11.4 Å². The van der Waals surface area contributed by atoms with Crippen molar-refractivity contribution in [2.24, 2.45) is 5.92 Å². The molecule has 26 heavy (non-hydrogen) atoms. The Kier molecular flexibility index (Phi) is 8.50. The van der Waals surface area contributed by atoms with Crippen LogP contribution in [0, 0.1) is 5.92 Å². The number of fused-ring (bicyclic) bond motifs is 1. The summed E-state index contributed by atoms with van der Waals surface area (Å²) in [7, 11) is 0. The molecule has 0 aliphatic rings. The van der Waals surface area contributed by atoms with Crippen molar-refractivity contribution < 1.29 is 14.6 Å². The molecule has 1 aromatic carbocycles. The van der Waals surface area contributed by atoms with Crippen molar-refractivity contribution in [3.63, 3.8) is 0 Å². The molecular weight excluding hydrogens is 332 g/mol. The summed E-state index contributed by atoms with van der Waals surface area (Å²) in [5, 5.41) is 20.4. The van der Waals surface area contributed by atoms with Crippen molar-refractivity contribution in [1.82, 2.24) is 20.3 Å². The second kappa shape index (κ2) is 10.9. The fraction of sp³-hybridized carbons (Fsp3) is 0.632. The summed E-state index contributed by atoms with van der Waals surface area (Å²) in [6.45, 7) is 7.44. The predicted molar refractivity (Wildman–Crippen MR) is 101 cm³/mol. The average molecular weight is 362 g/mol. The van der Waals surface area contributed by atoms with E-state index in [1.54, 1.807) is 16.8 Å². The fourth-order valence-electron chi connectivity index (χ4n) is 2.85. The summed E-state index contributed by atoms with van der Waals surface area (Å²) < 4.78 is 7.53. The first-order valence-corrected chi connectivity index (χ1v) is 9.50. The molecule has 1 aromatic heterocycles. The van der Waals surface area contributed by atoms with Gasteiger partial charge in [0.1, 0.15) is 5.52 Å². The zero-order valence-electron chi connectivity index (χ0n) is 15.8. The van der Waals surface area contributed by atoms with Gasteiger partial charge >= 0.3 is 5.97 Å². The van der Waals surface area contributed by atoms with E-state index in [0.29, 0.717) is 18.1 Å². The van der Waals surface area contributed by atoms with Gasteiger partial charge in [-0.05, 0) is 43.5 Å². The summed E-state index contributed by atoms with van der Waals surface area (Å²) in [4.78, 5) is 11.0. The number of rotatable bonds is 13. The number of carbonyl (C=O) groups is 1. The second-order valence-corrected chi connectivity index (χ2v) is 6.60. The standard InChI is InChI=1S/C19H30N4O3/c1-3-5-7-15(4-2)13-26-11-6-10-20-14-23-18-9-8-16(19(24)25)12-17(18)21-22-23/h8-9,12,15,20H,3-7,10-11,13-14H2,1-2H3,(H,24,25). The van der Waals surface area contributed by atoms with Gasteiger partial charge in [-0.15, -0.1) is 5.10 Å². The minimum atomic E-state index is -0.959. The van der Waals surface area contributed by atoms with E-state index in [2.05, 4.69) is 29.5 Å². The molecule has 1 heterocycles. The Morgan fingerprint density at radius 2 is 2.19 bits per heavy atom. The van der Waals surface area contributed by atoms with Crippen molar-refractivity contribution in [3.8, 4) is 0 Å². The van der Waals surface area contributed by atoms with E-state index in [1.165, 1.54) is 31.7 Å². The van der Waals surface area contributed by atoms with Gasteiger partial charge < -0.3 is 9.84 Å². The molecule has 0 amide bonds. The third kappa shape index (κ3) is 6.07. The number of carboxylic acid groups (broad SMARTS) is 1. The third-order valence-corrected chi connectivity index (χ3v) is 4.56. The van der Waals surface area contributed by atoms with E-state index in [4.69, 9.17) is 9.84 Å². The SMILES string of the molecule is CCCCC(CC)COCCCNCn1nnc2cc(C(=O)O)ccc21. The number of nitrogens with one attached hydrogen (secondary N) is 1. The molecule has 144 valence electrons. The lowest BCUT2D eigenvalue weighted by Crippen LogP contribution is -2.22. The zero-order chi connectivity index (χ0) is 18.8. The van der Waals surface area contributed by atoms with Crippen molar-refractivity contribution in [2.75, 3.05) is 19.8 Å². The van der Waals surface area contributed by atoms with Crippen LogP contribution in [0.2, 0.25) is 0 Å². The van der Waals surface area contributed by atoms with Crippen LogP contribution in [0.5, 0.6) is 0 Å². The number of benzene rings is 1. The topological polar surface area (TPSA) is 89.3 Å². The molecule has 0 radical (unpaired) electrons. The monoisotopic (exact) mass is 362 g/mol. The Hall–Kier alpha value is -1.99. The zero-order valence-corrected chi connectivity index (χ0v) is 15.8. The molecule has 2 aromatic rings. The van der Waals surface area contributed by atoms with Crippen molar-refractivity contribution in [3.05, 3.63) is 23.8 Å². The minimum Gasteiger partial charge on any atom is -0.478 e. The molecule has 0 saturated heterocycles. The highest BCUT2D eigenvalue weighted by Gasteiger charge is 2.09. The van der Waals surface area contributed by atoms with Crippen molar-refractivity contribution >= 4 is 17.0 Å². The molecule has 7 nitrogen and oxygen atoms in total. The van der Waals surface area contributed by atoms with E-state index in [0.717, 1.165) is 31.7 Å². The smallest absolute Gasteiger partial charge is 0.335 e. The summed E-state index contributed by atoms with van der Waals surface area (Å²) in [6.07, 6.45) is 5.91. The molecule has 1 atom stereocenters. The number of aromatic nitrogens is 3. The fourth-order valence-corrected chi connectivity index (χ4v) is 2.85. The Bertz CT molecular complexity index is 686. The van der Waals surface area contributed by atoms with E-state index in [1.807, 2.05) is 0 Å². The number of nitrogens with zero attached hydrogens (tertiary/aromatic N) is 3. The van der Waals surface area contributed by atoms with Crippen molar-refractivity contribution in [1.29, 1.82) is 0 Å². The Balaban J connectivity index is 1.66. The molecular formula is C19H30N4O3. The number of hydrogen-bond acceptors (Lipinski definition) is 5. The highest BCUT2D eigenvalue weighted by molar-refractivity contribution is 5.92. The lowest BCUT2D eigenvalue weighted by Gasteiger charge is -2.14. The van der Waals surface area contributed by atoms with Gasteiger partial charge in [-0.2, -0.15) is 0 Å². The number of unbranched alkanes of at least 4 members (excludes halogenated alkanes) is 1. The second-order valence-electron chi connectivity index (χ2n) is 6.60. The van der Waals surface area contributed by atoms with Crippen LogP contribution in [0.1, 0.15) is 56.3 Å². The van der Waals surface area contributed by atoms with Crippen LogP contribution in [-0.4, -0.2) is 45.8 Å². The number of carboxylic acids is 1. The van der Waals surface area contributed by atoms with Gasteiger partial charge in [0.15, 0.2) is 0 Å². The van der Waals surface area contributed by atoms with Crippen LogP contribution in [0.3, 0.4) is 0 Å². The number of hydrogen-bond donors (Lipinski definition) is 2. The Labute approximate surface area is 154 Å². The molecule has 0 saturated carbocycles. The highest BCUT2D eigenvalue weighted by atomic mass is 16.5. The van der Waals surface area contributed by atoms with Crippen LogP contribution in [0.15, 0.2) is 18.2 Å². The lowest BCUT2D eigenvalue weighted by atomic mass is 10.0. The molecule has 2 N–H and O–H groups in total. The maximum absolute atomic E-state index is 11.0. The van der Waals surface area contributed by atoms with E-state index in [9.17, 15) is 4.79 Å². The first-order valence-electron chi connectivity index (χ1n) is 9.50. The largest absolute Gasteiger partial charge is 0.478 e. The molecule has 0 aliphatic heterocycles. The van der Waals surface area contributed by atoms with Gasteiger partial charge in [-0.25, -0.2) is 9.48 Å². The molecule has 0 aliphatic carbocycles.